The lowest BCUT2D eigenvalue weighted by Crippen LogP contribution is -2.50. The number of carbonyl (C=O) groups excluding carboxylic acids is 1. The molecule has 7 heteroatoms. The molecule has 28 heavy (non-hydrogen) atoms. The molecule has 0 N–H and O–H groups in total. The molecule has 152 valence electrons. The van der Waals surface area contributed by atoms with Gasteiger partial charge in [-0.25, -0.2) is 4.98 Å². The van der Waals surface area contributed by atoms with Gasteiger partial charge in [-0.3, -0.25) is 14.2 Å². The highest BCUT2D eigenvalue weighted by Gasteiger charge is 2.32. The van der Waals surface area contributed by atoms with Crippen LogP contribution in [0.3, 0.4) is 0 Å². The molecule has 2 aromatic rings. The van der Waals surface area contributed by atoms with E-state index in [1.807, 2.05) is 25.7 Å². The number of piperidine rings is 1. The summed E-state index contributed by atoms with van der Waals surface area (Å²) in [5.41, 5.74) is 0.945. The molecule has 1 aliphatic rings. The Kier molecular flexibility index (Phi) is 6.34. The number of rotatable bonds is 5. The van der Waals surface area contributed by atoms with E-state index in [2.05, 4.69) is 20.4 Å². The van der Waals surface area contributed by atoms with Crippen LogP contribution in [0.1, 0.15) is 50.5 Å². The molecule has 0 spiro atoms. The molecule has 3 heterocycles. The number of allylic oxidation sites excluding steroid dienone is 1. The van der Waals surface area contributed by atoms with E-state index in [1.165, 1.54) is 29.5 Å². The van der Waals surface area contributed by atoms with Crippen molar-refractivity contribution in [3.8, 4) is 0 Å². The molecule has 0 bridgehead atoms. The molecule has 1 fully saturated rings. The summed E-state index contributed by atoms with van der Waals surface area (Å²) in [5, 5.41) is 0.980. The summed E-state index contributed by atoms with van der Waals surface area (Å²) < 4.78 is 1.64. The molecular formula is C21H29N3O2S2. The Balaban J connectivity index is 1.96. The predicted molar refractivity (Wildman–Crippen MR) is 118 cm³/mol. The second-order valence-electron chi connectivity index (χ2n) is 7.70. The fourth-order valence-electron chi connectivity index (χ4n) is 3.96. The van der Waals surface area contributed by atoms with Crippen molar-refractivity contribution in [2.24, 2.45) is 0 Å². The number of amides is 1. The van der Waals surface area contributed by atoms with E-state index in [4.69, 9.17) is 4.98 Å². The third-order valence-electron chi connectivity index (χ3n) is 5.64. The van der Waals surface area contributed by atoms with Crippen molar-refractivity contribution in [2.75, 3.05) is 0 Å². The normalized spacial score (nSPS) is 21.1. The van der Waals surface area contributed by atoms with E-state index in [0.29, 0.717) is 17.1 Å². The SMILES string of the molecule is C=CCn1c(S[C@@H](C)C(=O)N2[C@@H](C)CCC[C@@H]2C)nc2sc(C)c(C)c2c1=O. The fourth-order valence-corrected chi connectivity index (χ4v) is 6.01. The monoisotopic (exact) mass is 419 g/mol. The maximum atomic E-state index is 13.2. The minimum absolute atomic E-state index is 0.0476. The summed E-state index contributed by atoms with van der Waals surface area (Å²) in [7, 11) is 0. The van der Waals surface area contributed by atoms with Gasteiger partial charge in [-0.2, -0.15) is 0 Å². The molecule has 0 radical (unpaired) electrons. The highest BCUT2D eigenvalue weighted by atomic mass is 32.2. The highest BCUT2D eigenvalue weighted by molar-refractivity contribution is 8.00. The number of thioether (sulfide) groups is 1. The first kappa shape index (κ1) is 21.1. The Morgan fingerprint density at radius 2 is 2.00 bits per heavy atom. The molecule has 3 rings (SSSR count). The number of fused-ring (bicyclic) bond motifs is 1. The van der Waals surface area contributed by atoms with Gasteiger partial charge in [0, 0.05) is 23.5 Å². The van der Waals surface area contributed by atoms with Crippen molar-refractivity contribution >= 4 is 39.2 Å². The average Bonchev–Trinajstić information content (AvgIpc) is 2.92. The number of hydrogen-bond donors (Lipinski definition) is 0. The summed E-state index contributed by atoms with van der Waals surface area (Å²) in [6.07, 6.45) is 4.97. The third kappa shape index (κ3) is 3.79. The number of aromatic nitrogens is 2. The smallest absolute Gasteiger partial charge is 0.263 e. The lowest BCUT2D eigenvalue weighted by atomic mass is 9.97. The summed E-state index contributed by atoms with van der Waals surface area (Å²) in [6.45, 7) is 14.3. The van der Waals surface area contributed by atoms with Crippen molar-refractivity contribution < 1.29 is 4.79 Å². The number of hydrogen-bond acceptors (Lipinski definition) is 5. The summed E-state index contributed by atoms with van der Waals surface area (Å²) in [4.78, 5) is 34.9. The van der Waals surface area contributed by atoms with Crippen LogP contribution in [0, 0.1) is 13.8 Å². The van der Waals surface area contributed by atoms with Crippen LogP contribution in [0.2, 0.25) is 0 Å². The number of carbonyl (C=O) groups is 1. The standard InChI is InChI=1S/C21H29N3O2S2/c1-7-11-23-20(26)17-14(4)15(5)27-18(17)22-21(23)28-16(6)19(25)24-12(2)9-8-10-13(24)3/h7,12-13,16H,1,8-11H2,2-6H3/t12-,13-,16-/m0/s1. The van der Waals surface area contributed by atoms with Crippen LogP contribution in [0.4, 0.5) is 0 Å². The summed E-state index contributed by atoms with van der Waals surface area (Å²) in [6, 6.07) is 0.514. The van der Waals surface area contributed by atoms with E-state index in [9.17, 15) is 9.59 Å². The molecule has 1 amide bonds. The zero-order valence-electron chi connectivity index (χ0n) is 17.3. The van der Waals surface area contributed by atoms with Crippen LogP contribution in [0.15, 0.2) is 22.6 Å². The predicted octanol–water partition coefficient (Wildman–Crippen LogP) is 4.53. The van der Waals surface area contributed by atoms with Gasteiger partial charge in [0.2, 0.25) is 5.91 Å². The largest absolute Gasteiger partial charge is 0.336 e. The molecule has 1 aliphatic heterocycles. The van der Waals surface area contributed by atoms with Gasteiger partial charge < -0.3 is 4.90 Å². The minimum Gasteiger partial charge on any atom is -0.336 e. The lowest BCUT2D eigenvalue weighted by Gasteiger charge is -2.40. The minimum atomic E-state index is -0.300. The molecule has 1 saturated heterocycles. The zero-order chi connectivity index (χ0) is 20.6. The average molecular weight is 420 g/mol. The van der Waals surface area contributed by atoms with Gasteiger partial charge >= 0.3 is 0 Å². The molecule has 5 nitrogen and oxygen atoms in total. The molecule has 0 unspecified atom stereocenters. The van der Waals surface area contributed by atoms with Crippen LogP contribution in [-0.4, -0.2) is 37.7 Å². The quantitative estimate of drug-likeness (QED) is 0.406. The van der Waals surface area contributed by atoms with E-state index in [-0.39, 0.29) is 28.8 Å². The molecule has 0 saturated carbocycles. The number of aryl methyl sites for hydroxylation is 2. The van der Waals surface area contributed by atoms with Crippen LogP contribution in [0.5, 0.6) is 0 Å². The van der Waals surface area contributed by atoms with E-state index in [0.717, 1.165) is 28.1 Å². The number of likely N-dealkylation sites (tertiary alicyclic amines) is 1. The Morgan fingerprint density at radius 3 is 2.61 bits per heavy atom. The van der Waals surface area contributed by atoms with Crippen molar-refractivity contribution in [3.05, 3.63) is 33.4 Å². The van der Waals surface area contributed by atoms with Crippen molar-refractivity contribution in [2.45, 2.75) is 82.9 Å². The lowest BCUT2D eigenvalue weighted by molar-refractivity contribution is -0.136. The second kappa shape index (κ2) is 8.41. The first-order valence-corrected chi connectivity index (χ1v) is 11.6. The molecule has 0 aliphatic carbocycles. The highest BCUT2D eigenvalue weighted by Crippen LogP contribution is 2.31. The van der Waals surface area contributed by atoms with Gasteiger partial charge in [0.05, 0.1) is 10.6 Å². The van der Waals surface area contributed by atoms with Gasteiger partial charge in [0.15, 0.2) is 5.16 Å². The van der Waals surface area contributed by atoms with Crippen LogP contribution >= 0.6 is 23.1 Å². The summed E-state index contributed by atoms with van der Waals surface area (Å²) in [5.74, 6) is 0.128. The topological polar surface area (TPSA) is 55.2 Å². The van der Waals surface area contributed by atoms with Gasteiger partial charge in [-0.15, -0.1) is 17.9 Å². The third-order valence-corrected chi connectivity index (χ3v) is 7.82. The van der Waals surface area contributed by atoms with Gasteiger partial charge in [-0.1, -0.05) is 17.8 Å². The fraction of sp³-hybridized carbons (Fsp3) is 0.571. The number of nitrogens with zero attached hydrogens (tertiary/aromatic N) is 3. The maximum absolute atomic E-state index is 13.2. The zero-order valence-corrected chi connectivity index (χ0v) is 19.0. The molecular weight excluding hydrogens is 390 g/mol. The molecule has 3 atom stereocenters. The first-order valence-electron chi connectivity index (χ1n) is 9.86. The summed E-state index contributed by atoms with van der Waals surface area (Å²) >= 11 is 2.92. The van der Waals surface area contributed by atoms with Crippen molar-refractivity contribution in [1.29, 1.82) is 0 Å². The Bertz CT molecular complexity index is 953. The van der Waals surface area contributed by atoms with Gasteiger partial charge in [-0.05, 0) is 59.4 Å². The van der Waals surface area contributed by atoms with Crippen LogP contribution < -0.4 is 5.56 Å². The van der Waals surface area contributed by atoms with Crippen molar-refractivity contribution in [1.82, 2.24) is 14.5 Å². The second-order valence-corrected chi connectivity index (χ2v) is 10.2. The Morgan fingerprint density at radius 1 is 1.36 bits per heavy atom. The van der Waals surface area contributed by atoms with Crippen LogP contribution in [-0.2, 0) is 11.3 Å². The first-order chi connectivity index (χ1) is 13.3. The Labute approximate surface area is 174 Å². The van der Waals surface area contributed by atoms with E-state index < -0.39 is 0 Å². The van der Waals surface area contributed by atoms with E-state index >= 15 is 0 Å². The van der Waals surface area contributed by atoms with Crippen LogP contribution in [0.25, 0.3) is 10.2 Å². The number of thiophene rings is 1. The van der Waals surface area contributed by atoms with Gasteiger partial charge in [0.25, 0.3) is 5.56 Å². The maximum Gasteiger partial charge on any atom is 0.263 e. The van der Waals surface area contributed by atoms with E-state index in [1.54, 1.807) is 10.6 Å². The Hall–Kier alpha value is -1.60. The van der Waals surface area contributed by atoms with Crippen molar-refractivity contribution in [3.63, 3.8) is 0 Å². The molecule has 2 aromatic heterocycles. The van der Waals surface area contributed by atoms with Gasteiger partial charge in [0.1, 0.15) is 4.83 Å². The molecule has 0 aromatic carbocycles.